The SMILES string of the molecule is CCC(C)N(CC)C(CN)c1cc(Br)c(Cl)s1. The summed E-state index contributed by atoms with van der Waals surface area (Å²) in [5.41, 5.74) is 5.94. The lowest BCUT2D eigenvalue weighted by Crippen LogP contribution is -2.39. The lowest BCUT2D eigenvalue weighted by atomic mass is 10.1. The quantitative estimate of drug-likeness (QED) is 0.838. The topological polar surface area (TPSA) is 29.3 Å². The summed E-state index contributed by atoms with van der Waals surface area (Å²) in [6.45, 7) is 8.26. The van der Waals surface area contributed by atoms with Gasteiger partial charge in [-0.05, 0) is 41.9 Å². The predicted molar refractivity (Wildman–Crippen MR) is 81.0 cm³/mol. The van der Waals surface area contributed by atoms with Crippen LogP contribution >= 0.6 is 38.9 Å². The fourth-order valence-corrected chi connectivity index (χ4v) is 3.89. The Labute approximate surface area is 121 Å². The number of rotatable bonds is 6. The second-order valence-electron chi connectivity index (χ2n) is 4.11. The van der Waals surface area contributed by atoms with Crippen molar-refractivity contribution in [3.63, 3.8) is 0 Å². The number of halogens is 2. The van der Waals surface area contributed by atoms with E-state index in [1.165, 1.54) is 4.88 Å². The van der Waals surface area contributed by atoms with Crippen molar-refractivity contribution in [1.82, 2.24) is 4.90 Å². The molecule has 2 unspecified atom stereocenters. The fraction of sp³-hybridized carbons (Fsp3) is 0.667. The van der Waals surface area contributed by atoms with E-state index in [1.54, 1.807) is 11.3 Å². The number of nitrogens with two attached hydrogens (primary N) is 1. The average molecular weight is 340 g/mol. The highest BCUT2D eigenvalue weighted by atomic mass is 79.9. The zero-order chi connectivity index (χ0) is 13.0. The third kappa shape index (κ3) is 3.67. The van der Waals surface area contributed by atoms with E-state index in [4.69, 9.17) is 17.3 Å². The number of likely N-dealkylation sites (N-methyl/N-ethyl adjacent to an activating group) is 1. The smallest absolute Gasteiger partial charge is 0.107 e. The molecule has 17 heavy (non-hydrogen) atoms. The first-order valence-electron chi connectivity index (χ1n) is 5.95. The van der Waals surface area contributed by atoms with E-state index >= 15 is 0 Å². The Balaban J connectivity index is 2.96. The summed E-state index contributed by atoms with van der Waals surface area (Å²) in [5.74, 6) is 0. The third-order valence-electron chi connectivity index (χ3n) is 3.14. The lowest BCUT2D eigenvalue weighted by Gasteiger charge is -2.34. The Morgan fingerprint density at radius 3 is 2.53 bits per heavy atom. The Morgan fingerprint density at radius 2 is 2.18 bits per heavy atom. The minimum atomic E-state index is 0.267. The lowest BCUT2D eigenvalue weighted by molar-refractivity contribution is 0.154. The number of thiophene rings is 1. The molecule has 2 atom stereocenters. The molecule has 5 heteroatoms. The second-order valence-corrected chi connectivity index (χ2v) is 6.65. The van der Waals surface area contributed by atoms with E-state index in [9.17, 15) is 0 Å². The Morgan fingerprint density at radius 1 is 1.53 bits per heavy atom. The Bertz CT molecular complexity index is 337. The van der Waals surface area contributed by atoms with Crippen LogP contribution in [0.4, 0.5) is 0 Å². The molecule has 0 aromatic carbocycles. The van der Waals surface area contributed by atoms with E-state index in [2.05, 4.69) is 47.7 Å². The van der Waals surface area contributed by atoms with Crippen LogP contribution in [0.15, 0.2) is 10.5 Å². The maximum atomic E-state index is 6.10. The van der Waals surface area contributed by atoms with Gasteiger partial charge in [0.25, 0.3) is 0 Å². The molecule has 0 aliphatic rings. The summed E-state index contributed by atoms with van der Waals surface area (Å²) in [6, 6.07) is 2.90. The molecule has 0 saturated heterocycles. The van der Waals surface area contributed by atoms with Gasteiger partial charge in [-0.1, -0.05) is 25.4 Å². The molecule has 0 aliphatic carbocycles. The molecule has 0 fully saturated rings. The zero-order valence-corrected chi connectivity index (χ0v) is 13.7. The first-order valence-corrected chi connectivity index (χ1v) is 7.94. The molecule has 0 spiro atoms. The fourth-order valence-electron chi connectivity index (χ4n) is 2.02. The molecule has 2 N–H and O–H groups in total. The van der Waals surface area contributed by atoms with E-state index in [-0.39, 0.29) is 6.04 Å². The molecule has 1 rings (SSSR count). The molecule has 2 nitrogen and oxygen atoms in total. The van der Waals surface area contributed by atoms with Gasteiger partial charge >= 0.3 is 0 Å². The van der Waals surface area contributed by atoms with Gasteiger partial charge in [-0.3, -0.25) is 4.90 Å². The maximum Gasteiger partial charge on any atom is 0.107 e. The van der Waals surface area contributed by atoms with Crippen molar-refractivity contribution in [2.75, 3.05) is 13.1 Å². The molecule has 1 heterocycles. The van der Waals surface area contributed by atoms with Gasteiger partial charge < -0.3 is 5.73 Å². The standard InChI is InChI=1S/C12H20BrClN2S/c1-4-8(3)16(5-2)10(7-15)11-6-9(13)12(14)17-11/h6,8,10H,4-5,7,15H2,1-3H3. The molecule has 0 radical (unpaired) electrons. The van der Waals surface area contributed by atoms with Crippen LogP contribution in [-0.2, 0) is 0 Å². The van der Waals surface area contributed by atoms with Crippen LogP contribution in [0.3, 0.4) is 0 Å². The normalized spacial score (nSPS) is 15.2. The van der Waals surface area contributed by atoms with Crippen LogP contribution < -0.4 is 5.73 Å². The van der Waals surface area contributed by atoms with Gasteiger partial charge in [-0.2, -0.15) is 0 Å². The summed E-state index contributed by atoms with van der Waals surface area (Å²) >= 11 is 11.2. The number of hydrogen-bond acceptors (Lipinski definition) is 3. The predicted octanol–water partition coefficient (Wildman–Crippen LogP) is 4.28. The maximum absolute atomic E-state index is 6.10. The van der Waals surface area contributed by atoms with Gasteiger partial charge in [0.05, 0.1) is 6.04 Å². The van der Waals surface area contributed by atoms with Crippen molar-refractivity contribution in [3.8, 4) is 0 Å². The van der Waals surface area contributed by atoms with Crippen molar-refractivity contribution >= 4 is 38.9 Å². The number of nitrogens with zero attached hydrogens (tertiary/aromatic N) is 1. The second kappa shape index (κ2) is 7.10. The molecule has 98 valence electrons. The summed E-state index contributed by atoms with van der Waals surface area (Å²) in [5, 5.41) is 0. The third-order valence-corrected chi connectivity index (χ3v) is 5.71. The molecule has 0 aliphatic heterocycles. The molecule has 0 bridgehead atoms. The van der Waals surface area contributed by atoms with Gasteiger partial charge in [0.2, 0.25) is 0 Å². The Hall–Kier alpha value is 0.390. The van der Waals surface area contributed by atoms with Gasteiger partial charge in [-0.15, -0.1) is 11.3 Å². The highest BCUT2D eigenvalue weighted by Crippen LogP contribution is 2.37. The number of hydrogen-bond donors (Lipinski definition) is 1. The van der Waals surface area contributed by atoms with Crippen molar-refractivity contribution in [2.45, 2.75) is 39.3 Å². The van der Waals surface area contributed by atoms with Gasteiger partial charge in [0.1, 0.15) is 4.34 Å². The van der Waals surface area contributed by atoms with Crippen LogP contribution in [0, 0.1) is 0 Å². The molecular formula is C12H20BrClN2S. The minimum absolute atomic E-state index is 0.267. The van der Waals surface area contributed by atoms with Crippen molar-refractivity contribution in [3.05, 3.63) is 19.8 Å². The van der Waals surface area contributed by atoms with Gasteiger partial charge in [0, 0.05) is 21.9 Å². The van der Waals surface area contributed by atoms with E-state index in [1.807, 2.05) is 0 Å². The van der Waals surface area contributed by atoms with Crippen molar-refractivity contribution in [2.24, 2.45) is 5.73 Å². The van der Waals surface area contributed by atoms with Gasteiger partial charge in [-0.25, -0.2) is 0 Å². The molecule has 0 amide bonds. The minimum Gasteiger partial charge on any atom is -0.329 e. The summed E-state index contributed by atoms with van der Waals surface area (Å²) < 4.78 is 1.77. The van der Waals surface area contributed by atoms with E-state index < -0.39 is 0 Å². The molecular weight excluding hydrogens is 320 g/mol. The summed E-state index contributed by atoms with van der Waals surface area (Å²) in [4.78, 5) is 3.68. The highest BCUT2D eigenvalue weighted by Gasteiger charge is 2.23. The first kappa shape index (κ1) is 15.4. The van der Waals surface area contributed by atoms with Gasteiger partial charge in [0.15, 0.2) is 0 Å². The average Bonchev–Trinajstić information content (AvgIpc) is 2.65. The van der Waals surface area contributed by atoms with Crippen LogP contribution in [0.1, 0.15) is 38.1 Å². The zero-order valence-electron chi connectivity index (χ0n) is 10.5. The van der Waals surface area contributed by atoms with E-state index in [0.29, 0.717) is 12.6 Å². The van der Waals surface area contributed by atoms with Crippen molar-refractivity contribution in [1.29, 1.82) is 0 Å². The van der Waals surface area contributed by atoms with Crippen LogP contribution in [-0.4, -0.2) is 24.0 Å². The first-order chi connectivity index (χ1) is 8.04. The van der Waals surface area contributed by atoms with E-state index in [0.717, 1.165) is 21.8 Å². The highest BCUT2D eigenvalue weighted by molar-refractivity contribution is 9.10. The van der Waals surface area contributed by atoms with Crippen LogP contribution in [0.2, 0.25) is 4.34 Å². The Kier molecular flexibility index (Phi) is 6.45. The molecule has 1 aromatic heterocycles. The summed E-state index contributed by atoms with van der Waals surface area (Å²) in [6.07, 6.45) is 1.13. The van der Waals surface area contributed by atoms with Crippen LogP contribution in [0.5, 0.6) is 0 Å². The monoisotopic (exact) mass is 338 g/mol. The molecule has 0 saturated carbocycles. The van der Waals surface area contributed by atoms with Crippen molar-refractivity contribution < 1.29 is 0 Å². The van der Waals surface area contributed by atoms with Crippen LogP contribution in [0.25, 0.3) is 0 Å². The summed E-state index contributed by atoms with van der Waals surface area (Å²) in [7, 11) is 0. The largest absolute Gasteiger partial charge is 0.329 e. The molecule has 1 aromatic rings.